The number of nitrogens with one attached hydrogen (secondary N) is 2. The van der Waals surface area contributed by atoms with Gasteiger partial charge in [-0.1, -0.05) is 15.9 Å². The monoisotopic (exact) mass is 309 g/mol. The van der Waals surface area contributed by atoms with Gasteiger partial charge in [-0.2, -0.15) is 0 Å². The highest BCUT2D eigenvalue weighted by Crippen LogP contribution is 2.18. The number of hydrogen-bond acceptors (Lipinski definition) is 3. The Morgan fingerprint density at radius 1 is 1.33 bits per heavy atom. The molecule has 0 spiro atoms. The summed E-state index contributed by atoms with van der Waals surface area (Å²) in [5.74, 6) is 0.904. The highest BCUT2D eigenvalue weighted by atomic mass is 79.9. The van der Waals surface area contributed by atoms with Crippen LogP contribution in [0, 0.1) is 0 Å². The Balaban J connectivity index is 1.67. The molecule has 2 N–H and O–H groups in total. The number of halogens is 1. The Morgan fingerprint density at radius 2 is 2.17 bits per heavy atom. The van der Waals surface area contributed by atoms with E-state index in [1.165, 1.54) is 0 Å². The maximum absolute atomic E-state index is 5.88. The van der Waals surface area contributed by atoms with Crippen LogP contribution in [0.2, 0.25) is 0 Å². The number of aromatic nitrogens is 2. The van der Waals surface area contributed by atoms with Crippen LogP contribution in [0.1, 0.15) is 18.7 Å². The van der Waals surface area contributed by atoms with E-state index in [-0.39, 0.29) is 0 Å². The average Bonchev–Trinajstić information content (AvgIpc) is 2.79. The number of fused-ring (bicyclic) bond motifs is 1. The van der Waals surface area contributed by atoms with Crippen LogP contribution < -0.4 is 5.32 Å². The van der Waals surface area contributed by atoms with Crippen LogP contribution in [0.4, 0.5) is 0 Å². The lowest BCUT2D eigenvalue weighted by atomic mass is 10.1. The van der Waals surface area contributed by atoms with Crippen molar-refractivity contribution in [3.63, 3.8) is 0 Å². The molecule has 0 unspecified atom stereocenters. The van der Waals surface area contributed by atoms with Crippen molar-refractivity contribution in [1.82, 2.24) is 15.3 Å². The zero-order valence-electron chi connectivity index (χ0n) is 10.1. The largest absolute Gasteiger partial charge is 0.370 e. The molecule has 4 nitrogen and oxygen atoms in total. The van der Waals surface area contributed by atoms with Crippen LogP contribution in [0.25, 0.3) is 11.0 Å². The Kier molecular flexibility index (Phi) is 3.63. The predicted molar refractivity (Wildman–Crippen MR) is 74.5 cm³/mol. The molecule has 2 aromatic rings. The number of rotatable bonds is 3. The zero-order chi connectivity index (χ0) is 12.4. The summed E-state index contributed by atoms with van der Waals surface area (Å²) in [5.41, 5.74) is 2.04. The van der Waals surface area contributed by atoms with Gasteiger partial charge in [-0.05, 0) is 44.1 Å². The van der Waals surface area contributed by atoms with Crippen molar-refractivity contribution in [3.05, 3.63) is 28.5 Å². The van der Waals surface area contributed by atoms with E-state index < -0.39 is 0 Å². The summed E-state index contributed by atoms with van der Waals surface area (Å²) in [6.45, 7) is 2.67. The van der Waals surface area contributed by atoms with E-state index in [0.717, 1.165) is 47.3 Å². The molecule has 96 valence electrons. The third-order valence-electron chi connectivity index (χ3n) is 3.23. The molecule has 0 radical (unpaired) electrons. The van der Waals surface area contributed by atoms with E-state index in [0.29, 0.717) is 12.7 Å². The van der Waals surface area contributed by atoms with Crippen molar-refractivity contribution in [2.24, 2.45) is 0 Å². The number of hydrogen-bond donors (Lipinski definition) is 2. The Hall–Kier alpha value is -0.910. The topological polar surface area (TPSA) is 49.9 Å². The third kappa shape index (κ3) is 2.74. The average molecular weight is 310 g/mol. The van der Waals surface area contributed by atoms with E-state index in [2.05, 4.69) is 31.2 Å². The summed E-state index contributed by atoms with van der Waals surface area (Å²) < 4.78 is 6.94. The van der Waals surface area contributed by atoms with Crippen molar-refractivity contribution in [1.29, 1.82) is 0 Å². The highest BCUT2D eigenvalue weighted by molar-refractivity contribution is 9.10. The maximum Gasteiger partial charge on any atom is 0.133 e. The van der Waals surface area contributed by atoms with Crippen LogP contribution in [0.3, 0.4) is 0 Å². The zero-order valence-corrected chi connectivity index (χ0v) is 11.7. The summed E-state index contributed by atoms with van der Waals surface area (Å²) >= 11 is 3.46. The predicted octanol–water partition coefficient (Wildman–Crippen LogP) is 2.59. The molecule has 1 aromatic heterocycles. The van der Waals surface area contributed by atoms with Gasteiger partial charge in [0.2, 0.25) is 0 Å². The number of H-pyrrole nitrogens is 1. The lowest BCUT2D eigenvalue weighted by Gasteiger charge is -2.22. The van der Waals surface area contributed by atoms with Crippen LogP contribution >= 0.6 is 15.9 Å². The van der Waals surface area contributed by atoms with E-state index in [1.54, 1.807) is 0 Å². The van der Waals surface area contributed by atoms with Gasteiger partial charge in [-0.25, -0.2) is 4.98 Å². The Bertz CT molecular complexity index is 534. The van der Waals surface area contributed by atoms with Crippen molar-refractivity contribution >= 4 is 27.0 Å². The number of piperidine rings is 1. The van der Waals surface area contributed by atoms with Gasteiger partial charge in [0.1, 0.15) is 12.4 Å². The van der Waals surface area contributed by atoms with Crippen LogP contribution in [-0.4, -0.2) is 29.2 Å². The Morgan fingerprint density at radius 3 is 3.00 bits per heavy atom. The van der Waals surface area contributed by atoms with Gasteiger partial charge in [0, 0.05) is 4.47 Å². The summed E-state index contributed by atoms with van der Waals surface area (Å²) in [7, 11) is 0. The van der Waals surface area contributed by atoms with Gasteiger partial charge in [0.15, 0.2) is 0 Å². The van der Waals surface area contributed by atoms with Crippen LogP contribution in [0.15, 0.2) is 22.7 Å². The normalized spacial score (nSPS) is 17.4. The van der Waals surface area contributed by atoms with Crippen molar-refractivity contribution in [3.8, 4) is 0 Å². The first-order chi connectivity index (χ1) is 8.81. The van der Waals surface area contributed by atoms with E-state index >= 15 is 0 Å². The first-order valence-corrected chi connectivity index (χ1v) is 7.07. The molecule has 0 atom stereocenters. The summed E-state index contributed by atoms with van der Waals surface area (Å²) in [6, 6.07) is 6.04. The first kappa shape index (κ1) is 12.1. The first-order valence-electron chi connectivity index (χ1n) is 6.28. The van der Waals surface area contributed by atoms with Crippen LogP contribution in [0.5, 0.6) is 0 Å². The summed E-state index contributed by atoms with van der Waals surface area (Å²) in [5, 5.41) is 3.33. The molecule has 2 heterocycles. The molecule has 0 amide bonds. The number of nitrogens with zero attached hydrogens (tertiary/aromatic N) is 1. The second-order valence-corrected chi connectivity index (χ2v) is 5.52. The smallest absolute Gasteiger partial charge is 0.133 e. The van der Waals surface area contributed by atoms with Crippen molar-refractivity contribution in [2.75, 3.05) is 13.1 Å². The fraction of sp³-hybridized carbons (Fsp3) is 0.462. The summed E-state index contributed by atoms with van der Waals surface area (Å²) in [6.07, 6.45) is 2.54. The molecule has 1 fully saturated rings. The minimum Gasteiger partial charge on any atom is -0.370 e. The molecule has 0 saturated carbocycles. The SMILES string of the molecule is Brc1ccc2nc(COC3CCNCC3)[nH]c2c1. The van der Waals surface area contributed by atoms with Gasteiger partial charge in [-0.15, -0.1) is 0 Å². The minimum absolute atomic E-state index is 0.367. The highest BCUT2D eigenvalue weighted by Gasteiger charge is 2.14. The Labute approximate surface area is 114 Å². The van der Waals surface area contributed by atoms with E-state index in [9.17, 15) is 0 Å². The number of benzene rings is 1. The molecular formula is C13H16BrN3O. The lowest BCUT2D eigenvalue weighted by Crippen LogP contribution is -2.32. The quantitative estimate of drug-likeness (QED) is 0.916. The molecule has 1 saturated heterocycles. The maximum atomic E-state index is 5.88. The third-order valence-corrected chi connectivity index (χ3v) is 3.73. The van der Waals surface area contributed by atoms with Gasteiger partial charge >= 0.3 is 0 Å². The molecule has 1 aliphatic heterocycles. The second kappa shape index (κ2) is 5.38. The van der Waals surface area contributed by atoms with Gasteiger partial charge < -0.3 is 15.0 Å². The van der Waals surface area contributed by atoms with Gasteiger partial charge in [0.05, 0.1) is 17.1 Å². The lowest BCUT2D eigenvalue weighted by molar-refractivity contribution is 0.0182. The summed E-state index contributed by atoms with van der Waals surface area (Å²) in [4.78, 5) is 7.82. The van der Waals surface area contributed by atoms with Crippen molar-refractivity contribution < 1.29 is 4.74 Å². The fourth-order valence-corrected chi connectivity index (χ4v) is 2.62. The molecule has 1 aliphatic rings. The second-order valence-electron chi connectivity index (χ2n) is 4.61. The molecule has 0 bridgehead atoms. The van der Waals surface area contributed by atoms with Crippen LogP contribution in [-0.2, 0) is 11.3 Å². The number of ether oxygens (including phenoxy) is 1. The molecule has 3 rings (SSSR count). The number of aromatic amines is 1. The van der Waals surface area contributed by atoms with Crippen molar-refractivity contribution in [2.45, 2.75) is 25.6 Å². The molecular weight excluding hydrogens is 294 g/mol. The molecule has 18 heavy (non-hydrogen) atoms. The number of imidazole rings is 1. The van der Waals surface area contributed by atoms with E-state index in [1.807, 2.05) is 18.2 Å². The molecule has 1 aromatic carbocycles. The standard InChI is InChI=1S/C13H16BrN3O/c14-9-1-2-11-12(7-9)17-13(16-11)8-18-10-3-5-15-6-4-10/h1-2,7,10,15H,3-6,8H2,(H,16,17). The van der Waals surface area contributed by atoms with Gasteiger partial charge in [0.25, 0.3) is 0 Å². The molecule has 0 aliphatic carbocycles. The minimum atomic E-state index is 0.367. The van der Waals surface area contributed by atoms with E-state index in [4.69, 9.17) is 4.74 Å². The molecule has 5 heteroatoms. The fourth-order valence-electron chi connectivity index (χ4n) is 2.26. The van der Waals surface area contributed by atoms with Gasteiger partial charge in [-0.3, -0.25) is 0 Å².